The van der Waals surface area contributed by atoms with Crippen molar-refractivity contribution in [1.82, 2.24) is 15.2 Å². The number of nitrogens with zero attached hydrogens (tertiary/aromatic N) is 2. The van der Waals surface area contributed by atoms with Gasteiger partial charge in [0.1, 0.15) is 0 Å². The molecule has 2 aromatic rings. The Labute approximate surface area is 118 Å². The number of rotatable bonds is 3. The van der Waals surface area contributed by atoms with Gasteiger partial charge in [-0.1, -0.05) is 12.1 Å². The molecule has 5 heteroatoms. The summed E-state index contributed by atoms with van der Waals surface area (Å²) < 4.78 is 0. The maximum absolute atomic E-state index is 12.1. The monoisotopic (exact) mass is 270 g/mol. The number of nitrogens with one attached hydrogen (secondary N) is 2. The summed E-state index contributed by atoms with van der Waals surface area (Å²) >= 11 is 0. The van der Waals surface area contributed by atoms with Gasteiger partial charge in [-0.05, 0) is 12.1 Å². The normalized spacial score (nSPS) is 16.2. The Balaban J connectivity index is 1.71. The highest BCUT2D eigenvalue weighted by Crippen LogP contribution is 2.21. The van der Waals surface area contributed by atoms with Crippen molar-refractivity contribution in [2.24, 2.45) is 0 Å². The number of piperazine rings is 1. The van der Waals surface area contributed by atoms with Crippen molar-refractivity contribution < 1.29 is 4.79 Å². The van der Waals surface area contributed by atoms with Crippen molar-refractivity contribution >= 4 is 22.4 Å². The summed E-state index contributed by atoms with van der Waals surface area (Å²) in [6, 6.07) is 7.78. The fraction of sp³-hybridized carbons (Fsp3) is 0.333. The lowest BCUT2D eigenvalue weighted by Crippen LogP contribution is -2.46. The molecule has 3 rings (SSSR count). The fourth-order valence-electron chi connectivity index (χ4n) is 2.49. The van der Waals surface area contributed by atoms with Crippen molar-refractivity contribution in [3.8, 4) is 0 Å². The number of aromatic nitrogens is 1. The molecule has 0 bridgehead atoms. The zero-order chi connectivity index (χ0) is 13.8. The van der Waals surface area contributed by atoms with Crippen LogP contribution in [-0.2, 0) is 4.79 Å². The Kier molecular flexibility index (Phi) is 3.90. The molecule has 5 nitrogen and oxygen atoms in total. The maximum Gasteiger partial charge on any atom is 0.238 e. The van der Waals surface area contributed by atoms with Gasteiger partial charge in [-0.3, -0.25) is 14.7 Å². The van der Waals surface area contributed by atoms with E-state index in [1.165, 1.54) is 0 Å². The van der Waals surface area contributed by atoms with Gasteiger partial charge in [-0.2, -0.15) is 0 Å². The molecule has 1 amide bonds. The minimum atomic E-state index is 0.0382. The quantitative estimate of drug-likeness (QED) is 0.876. The fourth-order valence-corrected chi connectivity index (χ4v) is 2.49. The van der Waals surface area contributed by atoms with Crippen molar-refractivity contribution in [2.45, 2.75) is 0 Å². The van der Waals surface area contributed by atoms with E-state index in [0.717, 1.165) is 42.6 Å². The van der Waals surface area contributed by atoms with E-state index in [2.05, 4.69) is 20.5 Å². The summed E-state index contributed by atoms with van der Waals surface area (Å²) in [4.78, 5) is 18.4. The summed E-state index contributed by atoms with van der Waals surface area (Å²) in [7, 11) is 0. The van der Waals surface area contributed by atoms with E-state index in [9.17, 15) is 4.79 Å². The third-order valence-electron chi connectivity index (χ3n) is 3.53. The van der Waals surface area contributed by atoms with E-state index in [0.29, 0.717) is 6.54 Å². The highest BCUT2D eigenvalue weighted by atomic mass is 16.2. The predicted molar refractivity (Wildman–Crippen MR) is 79.7 cm³/mol. The molecule has 0 atom stereocenters. The second-order valence-electron chi connectivity index (χ2n) is 4.98. The van der Waals surface area contributed by atoms with Gasteiger partial charge in [0.25, 0.3) is 0 Å². The largest absolute Gasteiger partial charge is 0.324 e. The molecular formula is C15H18N4O. The van der Waals surface area contributed by atoms with Gasteiger partial charge >= 0.3 is 0 Å². The van der Waals surface area contributed by atoms with Crippen molar-refractivity contribution in [3.05, 3.63) is 36.7 Å². The number of hydrogen-bond donors (Lipinski definition) is 2. The van der Waals surface area contributed by atoms with Gasteiger partial charge in [0.05, 0.1) is 6.54 Å². The van der Waals surface area contributed by atoms with Gasteiger partial charge in [0, 0.05) is 55.0 Å². The number of pyridine rings is 1. The predicted octanol–water partition coefficient (Wildman–Crippen LogP) is 1.08. The molecule has 0 spiro atoms. The standard InChI is InChI=1S/C15H18N4O/c20-15(11-19-8-6-16-7-9-19)18-14-3-1-2-12-10-17-5-4-13(12)14/h1-5,10,16H,6-9,11H2,(H,18,20). The van der Waals surface area contributed by atoms with Crippen LogP contribution >= 0.6 is 0 Å². The first kappa shape index (κ1) is 13.0. The lowest BCUT2D eigenvalue weighted by atomic mass is 10.1. The number of fused-ring (bicyclic) bond motifs is 1. The molecule has 1 aromatic carbocycles. The minimum absolute atomic E-state index is 0.0382. The van der Waals surface area contributed by atoms with Crippen LogP contribution in [0.2, 0.25) is 0 Å². The number of anilines is 1. The molecule has 104 valence electrons. The van der Waals surface area contributed by atoms with Gasteiger partial charge in [-0.25, -0.2) is 0 Å². The summed E-state index contributed by atoms with van der Waals surface area (Å²) in [5.41, 5.74) is 0.852. The molecule has 1 aliphatic rings. The molecule has 0 aliphatic carbocycles. The van der Waals surface area contributed by atoms with Crippen molar-refractivity contribution in [1.29, 1.82) is 0 Å². The van der Waals surface area contributed by atoms with E-state index < -0.39 is 0 Å². The van der Waals surface area contributed by atoms with E-state index in [-0.39, 0.29) is 5.91 Å². The third kappa shape index (κ3) is 2.95. The number of amides is 1. The molecular weight excluding hydrogens is 252 g/mol. The SMILES string of the molecule is O=C(CN1CCNCC1)Nc1cccc2cnccc12. The average Bonchev–Trinajstić information content (AvgIpc) is 2.48. The molecule has 0 unspecified atom stereocenters. The van der Waals surface area contributed by atoms with Crippen LogP contribution in [0.15, 0.2) is 36.7 Å². The second-order valence-corrected chi connectivity index (χ2v) is 4.98. The zero-order valence-corrected chi connectivity index (χ0v) is 11.3. The Hall–Kier alpha value is -1.98. The van der Waals surface area contributed by atoms with Crippen LogP contribution in [0.1, 0.15) is 0 Å². The summed E-state index contributed by atoms with van der Waals surface area (Å²) in [5, 5.41) is 8.34. The van der Waals surface area contributed by atoms with Crippen LogP contribution in [-0.4, -0.2) is 48.5 Å². The Bertz CT molecular complexity index is 602. The molecule has 0 radical (unpaired) electrons. The van der Waals surface area contributed by atoms with Gasteiger partial charge in [-0.15, -0.1) is 0 Å². The molecule has 1 aromatic heterocycles. The summed E-state index contributed by atoms with van der Waals surface area (Å²) in [6.45, 7) is 4.20. The first-order valence-electron chi connectivity index (χ1n) is 6.88. The van der Waals surface area contributed by atoms with Crippen molar-refractivity contribution in [2.75, 3.05) is 38.0 Å². The van der Waals surface area contributed by atoms with Crippen molar-refractivity contribution in [3.63, 3.8) is 0 Å². The Morgan fingerprint density at radius 1 is 1.30 bits per heavy atom. The highest BCUT2D eigenvalue weighted by molar-refractivity contribution is 6.02. The highest BCUT2D eigenvalue weighted by Gasteiger charge is 2.14. The average molecular weight is 270 g/mol. The Morgan fingerprint density at radius 3 is 3.00 bits per heavy atom. The lowest BCUT2D eigenvalue weighted by Gasteiger charge is -2.26. The molecule has 2 N–H and O–H groups in total. The van der Waals surface area contributed by atoms with E-state index >= 15 is 0 Å². The van der Waals surface area contributed by atoms with Gasteiger partial charge < -0.3 is 10.6 Å². The maximum atomic E-state index is 12.1. The van der Waals surface area contributed by atoms with Crippen LogP contribution in [0.4, 0.5) is 5.69 Å². The number of hydrogen-bond acceptors (Lipinski definition) is 4. The van der Waals surface area contributed by atoms with Gasteiger partial charge in [0.15, 0.2) is 0 Å². The first-order valence-corrected chi connectivity index (χ1v) is 6.88. The zero-order valence-electron chi connectivity index (χ0n) is 11.3. The van der Waals surface area contributed by atoms with Crippen LogP contribution in [0.3, 0.4) is 0 Å². The van der Waals surface area contributed by atoms with E-state index in [1.807, 2.05) is 24.3 Å². The molecule has 1 fully saturated rings. The topological polar surface area (TPSA) is 57.3 Å². The smallest absolute Gasteiger partial charge is 0.238 e. The third-order valence-corrected chi connectivity index (χ3v) is 3.53. The molecule has 2 heterocycles. The van der Waals surface area contributed by atoms with Crippen LogP contribution < -0.4 is 10.6 Å². The Morgan fingerprint density at radius 2 is 2.15 bits per heavy atom. The van der Waals surface area contributed by atoms with E-state index in [1.54, 1.807) is 12.4 Å². The number of benzene rings is 1. The molecule has 0 saturated carbocycles. The van der Waals surface area contributed by atoms with Crippen LogP contribution in [0.25, 0.3) is 10.8 Å². The molecule has 1 saturated heterocycles. The lowest BCUT2D eigenvalue weighted by molar-refractivity contribution is -0.117. The number of carbonyl (C=O) groups excluding carboxylic acids is 1. The van der Waals surface area contributed by atoms with Crippen LogP contribution in [0, 0.1) is 0 Å². The molecule has 20 heavy (non-hydrogen) atoms. The molecule has 1 aliphatic heterocycles. The van der Waals surface area contributed by atoms with Gasteiger partial charge in [0.2, 0.25) is 5.91 Å². The summed E-state index contributed by atoms with van der Waals surface area (Å²) in [5.74, 6) is 0.0382. The van der Waals surface area contributed by atoms with E-state index in [4.69, 9.17) is 0 Å². The minimum Gasteiger partial charge on any atom is -0.324 e. The second kappa shape index (κ2) is 5.98. The number of carbonyl (C=O) groups is 1. The van der Waals surface area contributed by atoms with Crippen LogP contribution in [0.5, 0.6) is 0 Å². The first-order chi connectivity index (χ1) is 9.83. The summed E-state index contributed by atoms with van der Waals surface area (Å²) in [6.07, 6.45) is 3.55.